The van der Waals surface area contributed by atoms with E-state index in [0.29, 0.717) is 15.2 Å². The van der Waals surface area contributed by atoms with Crippen LogP contribution in [0.15, 0.2) is 40.9 Å². The number of rotatable bonds is 3. The van der Waals surface area contributed by atoms with Gasteiger partial charge in [-0.1, -0.05) is 29.3 Å². The molecule has 0 saturated heterocycles. The van der Waals surface area contributed by atoms with Crippen molar-refractivity contribution in [2.45, 2.75) is 0 Å². The second-order valence-electron chi connectivity index (χ2n) is 3.98. The third-order valence-corrected chi connectivity index (χ3v) is 4.23. The molecule has 0 aromatic heterocycles. The lowest BCUT2D eigenvalue weighted by Gasteiger charge is -2.08. The zero-order valence-electron chi connectivity index (χ0n) is 10.3. The molecule has 0 atom stereocenters. The number of halogens is 3. The van der Waals surface area contributed by atoms with Gasteiger partial charge in [0.05, 0.1) is 15.5 Å². The van der Waals surface area contributed by atoms with Crippen LogP contribution in [-0.4, -0.2) is 10.8 Å². The topological polar surface area (TPSA) is 72.2 Å². The maximum atomic E-state index is 12.1. The molecule has 2 aromatic carbocycles. The Kier molecular flexibility index (Phi) is 4.82. The van der Waals surface area contributed by atoms with Crippen molar-refractivity contribution in [2.75, 3.05) is 5.32 Å². The van der Waals surface area contributed by atoms with Gasteiger partial charge in [-0.2, -0.15) is 0 Å². The highest BCUT2D eigenvalue weighted by Gasteiger charge is 2.20. The van der Waals surface area contributed by atoms with Gasteiger partial charge in [0.1, 0.15) is 5.02 Å². The second kappa shape index (κ2) is 6.43. The summed E-state index contributed by atoms with van der Waals surface area (Å²) < 4.78 is 0.690. The first kappa shape index (κ1) is 15.8. The van der Waals surface area contributed by atoms with Gasteiger partial charge in [0, 0.05) is 16.2 Å². The molecule has 0 heterocycles. The van der Waals surface area contributed by atoms with E-state index < -0.39 is 10.8 Å². The lowest BCUT2D eigenvalue weighted by atomic mass is 10.2. The Bertz CT molecular complexity index is 737. The molecule has 0 bridgehead atoms. The Morgan fingerprint density at radius 2 is 1.95 bits per heavy atom. The molecule has 0 unspecified atom stereocenters. The minimum absolute atomic E-state index is 0.0184. The van der Waals surface area contributed by atoms with Gasteiger partial charge in [-0.15, -0.1) is 0 Å². The Hall–Kier alpha value is -1.63. The minimum atomic E-state index is -0.643. The van der Waals surface area contributed by atoms with Crippen LogP contribution in [0.1, 0.15) is 10.4 Å². The van der Waals surface area contributed by atoms with Gasteiger partial charge in [-0.25, -0.2) is 0 Å². The summed E-state index contributed by atoms with van der Waals surface area (Å²) >= 11 is 15.0. The summed E-state index contributed by atoms with van der Waals surface area (Å²) in [6, 6.07) is 8.90. The zero-order chi connectivity index (χ0) is 15.6. The van der Waals surface area contributed by atoms with Crippen LogP contribution in [0.5, 0.6) is 0 Å². The maximum Gasteiger partial charge on any atom is 0.288 e. The third kappa shape index (κ3) is 3.53. The van der Waals surface area contributed by atoms with Crippen LogP contribution in [0, 0.1) is 10.1 Å². The van der Waals surface area contributed by atoms with Crippen molar-refractivity contribution in [1.29, 1.82) is 0 Å². The van der Waals surface area contributed by atoms with Crippen LogP contribution < -0.4 is 5.32 Å². The van der Waals surface area contributed by atoms with E-state index in [1.165, 1.54) is 18.2 Å². The Morgan fingerprint density at radius 1 is 1.24 bits per heavy atom. The van der Waals surface area contributed by atoms with E-state index in [4.69, 9.17) is 23.2 Å². The number of nitro groups is 1. The van der Waals surface area contributed by atoms with Crippen LogP contribution in [-0.2, 0) is 0 Å². The van der Waals surface area contributed by atoms with Crippen LogP contribution in [0.25, 0.3) is 0 Å². The van der Waals surface area contributed by atoms with Gasteiger partial charge in [-0.05, 0) is 40.2 Å². The van der Waals surface area contributed by atoms with Crippen molar-refractivity contribution in [1.82, 2.24) is 0 Å². The van der Waals surface area contributed by atoms with E-state index in [1.807, 2.05) is 0 Å². The fourth-order valence-electron chi connectivity index (χ4n) is 1.61. The number of hydrogen-bond donors (Lipinski definition) is 1. The van der Waals surface area contributed by atoms with Gasteiger partial charge < -0.3 is 5.32 Å². The van der Waals surface area contributed by atoms with Crippen LogP contribution in [0.4, 0.5) is 11.4 Å². The Labute approximate surface area is 138 Å². The molecule has 1 N–H and O–H groups in total. The number of hydrogen-bond acceptors (Lipinski definition) is 3. The van der Waals surface area contributed by atoms with E-state index in [-0.39, 0.29) is 16.3 Å². The summed E-state index contributed by atoms with van der Waals surface area (Å²) in [4.78, 5) is 22.3. The average Bonchev–Trinajstić information content (AvgIpc) is 2.42. The first-order valence-corrected chi connectivity index (χ1v) is 7.14. The normalized spacial score (nSPS) is 10.2. The Morgan fingerprint density at radius 3 is 2.57 bits per heavy atom. The van der Waals surface area contributed by atoms with Crippen molar-refractivity contribution >= 4 is 56.4 Å². The molecule has 0 spiro atoms. The molecule has 0 aliphatic rings. The second-order valence-corrected chi connectivity index (χ2v) is 5.62. The molecule has 0 aliphatic carbocycles. The monoisotopic (exact) mass is 388 g/mol. The van der Waals surface area contributed by atoms with Crippen LogP contribution in [0.2, 0.25) is 10.0 Å². The SMILES string of the molecule is O=C(Nc1ccc(Br)c(Cl)c1)c1cccc([N+](=O)[O-])c1Cl. The standard InChI is InChI=1S/C13H7BrCl2N2O3/c14-9-5-4-7(6-10(9)15)17-13(19)8-2-1-3-11(12(8)16)18(20)21/h1-6H,(H,17,19). The molecular formula is C13H7BrCl2N2O3. The number of benzene rings is 2. The number of carbonyl (C=O) groups is 1. The first-order chi connectivity index (χ1) is 9.90. The van der Waals surface area contributed by atoms with Gasteiger partial charge in [0.25, 0.3) is 11.6 Å². The molecule has 1 amide bonds. The quantitative estimate of drug-likeness (QED) is 0.598. The summed E-state index contributed by atoms with van der Waals surface area (Å²) in [7, 11) is 0. The van der Waals surface area contributed by atoms with E-state index in [1.54, 1.807) is 18.2 Å². The van der Waals surface area contributed by atoms with Crippen LogP contribution in [0.3, 0.4) is 0 Å². The number of carbonyl (C=O) groups excluding carboxylic acids is 1. The van der Waals surface area contributed by atoms with E-state index in [9.17, 15) is 14.9 Å². The molecule has 0 fully saturated rings. The van der Waals surface area contributed by atoms with E-state index >= 15 is 0 Å². The molecule has 5 nitrogen and oxygen atoms in total. The fraction of sp³-hybridized carbons (Fsp3) is 0. The largest absolute Gasteiger partial charge is 0.322 e. The maximum absolute atomic E-state index is 12.1. The van der Waals surface area contributed by atoms with Crippen molar-refractivity contribution in [3.8, 4) is 0 Å². The number of nitro benzene ring substituents is 1. The molecule has 21 heavy (non-hydrogen) atoms. The fourth-order valence-corrected chi connectivity index (χ4v) is 2.32. The van der Waals surface area contributed by atoms with E-state index in [0.717, 1.165) is 0 Å². The summed E-state index contributed by atoms with van der Waals surface area (Å²) in [6.45, 7) is 0. The van der Waals surface area contributed by atoms with Crippen molar-refractivity contribution < 1.29 is 9.72 Å². The minimum Gasteiger partial charge on any atom is -0.322 e. The summed E-state index contributed by atoms with van der Waals surface area (Å²) in [6.07, 6.45) is 0. The molecule has 108 valence electrons. The average molecular weight is 390 g/mol. The third-order valence-electron chi connectivity index (χ3n) is 2.60. The summed E-state index contributed by atoms with van der Waals surface area (Å²) in [5.41, 5.74) is 0.152. The zero-order valence-corrected chi connectivity index (χ0v) is 13.4. The highest BCUT2D eigenvalue weighted by molar-refractivity contribution is 9.10. The lowest BCUT2D eigenvalue weighted by molar-refractivity contribution is -0.384. The predicted molar refractivity (Wildman–Crippen MR) is 85.2 cm³/mol. The van der Waals surface area contributed by atoms with Gasteiger partial charge in [-0.3, -0.25) is 14.9 Å². The molecule has 8 heteroatoms. The molecule has 0 saturated carbocycles. The highest BCUT2D eigenvalue weighted by atomic mass is 79.9. The van der Waals surface area contributed by atoms with Crippen LogP contribution >= 0.6 is 39.1 Å². The van der Waals surface area contributed by atoms with Gasteiger partial charge in [0.15, 0.2) is 0 Å². The number of nitrogens with zero attached hydrogens (tertiary/aromatic N) is 1. The number of nitrogens with one attached hydrogen (secondary N) is 1. The highest BCUT2D eigenvalue weighted by Crippen LogP contribution is 2.29. The Balaban J connectivity index is 2.30. The number of amides is 1. The van der Waals surface area contributed by atoms with Crippen molar-refractivity contribution in [3.63, 3.8) is 0 Å². The van der Waals surface area contributed by atoms with Gasteiger partial charge >= 0.3 is 0 Å². The molecule has 0 radical (unpaired) electrons. The van der Waals surface area contributed by atoms with Crippen molar-refractivity contribution in [3.05, 3.63) is 66.6 Å². The lowest BCUT2D eigenvalue weighted by Crippen LogP contribution is -2.13. The predicted octanol–water partition coefficient (Wildman–Crippen LogP) is 4.92. The summed E-state index contributed by atoms with van der Waals surface area (Å²) in [5.74, 6) is -0.554. The molecular weight excluding hydrogens is 383 g/mol. The smallest absolute Gasteiger partial charge is 0.288 e. The first-order valence-electron chi connectivity index (χ1n) is 5.59. The van der Waals surface area contributed by atoms with Crippen molar-refractivity contribution in [2.24, 2.45) is 0 Å². The van der Waals surface area contributed by atoms with E-state index in [2.05, 4.69) is 21.2 Å². The van der Waals surface area contributed by atoms with Gasteiger partial charge in [0.2, 0.25) is 0 Å². The summed E-state index contributed by atoms with van der Waals surface area (Å²) in [5, 5.41) is 13.6. The molecule has 2 rings (SSSR count). The molecule has 0 aliphatic heterocycles. The molecule has 2 aromatic rings. The number of anilines is 1.